The van der Waals surface area contributed by atoms with Crippen molar-refractivity contribution < 1.29 is 0 Å². The van der Waals surface area contributed by atoms with E-state index in [9.17, 15) is 0 Å². The van der Waals surface area contributed by atoms with Gasteiger partial charge in [0.05, 0.1) is 6.54 Å². The van der Waals surface area contributed by atoms with Crippen LogP contribution >= 0.6 is 0 Å². The predicted molar refractivity (Wildman–Crippen MR) is 77.7 cm³/mol. The number of hydrogen-bond donors (Lipinski definition) is 2. The number of rotatable bonds is 6. The molecule has 0 amide bonds. The summed E-state index contributed by atoms with van der Waals surface area (Å²) in [5.41, 5.74) is 0. The fraction of sp³-hybridized carbons (Fsp3) is 0.786. The number of likely N-dealkylation sites (tertiary alicyclic amines) is 1. The summed E-state index contributed by atoms with van der Waals surface area (Å²) < 4.78 is 0. The lowest BCUT2D eigenvalue weighted by Gasteiger charge is -2.19. The van der Waals surface area contributed by atoms with Crippen LogP contribution in [0.3, 0.4) is 0 Å². The van der Waals surface area contributed by atoms with Gasteiger partial charge in [0.15, 0.2) is 5.96 Å². The van der Waals surface area contributed by atoms with Crippen LogP contribution in [0.2, 0.25) is 0 Å². The van der Waals surface area contributed by atoms with E-state index in [-0.39, 0.29) is 0 Å². The number of guanidine groups is 1. The number of aliphatic imine (C=N–C) groups is 1. The van der Waals surface area contributed by atoms with Gasteiger partial charge in [0, 0.05) is 19.6 Å². The molecule has 0 aromatic carbocycles. The summed E-state index contributed by atoms with van der Waals surface area (Å²) in [4.78, 5) is 7.09. The van der Waals surface area contributed by atoms with E-state index >= 15 is 0 Å². The Bertz CT molecular complexity index is 287. The monoisotopic (exact) mass is 250 g/mol. The summed E-state index contributed by atoms with van der Waals surface area (Å²) in [7, 11) is 0. The predicted octanol–water partition coefficient (Wildman–Crippen LogP) is 0.907. The molecule has 0 radical (unpaired) electrons. The maximum atomic E-state index is 5.24. The van der Waals surface area contributed by atoms with Gasteiger partial charge in [0.1, 0.15) is 0 Å². The third-order valence-electron chi connectivity index (χ3n) is 3.03. The zero-order valence-electron chi connectivity index (χ0n) is 11.7. The summed E-state index contributed by atoms with van der Waals surface area (Å²) >= 11 is 0. The Balaban J connectivity index is 2.30. The van der Waals surface area contributed by atoms with Gasteiger partial charge in [-0.25, -0.2) is 0 Å². The SMILES string of the molecule is C#CCNC(=NCC(C)CN1CCCC1)NCC. The standard InChI is InChI=1S/C14H26N4/c1-4-8-16-14(15-5-2)17-11-13(3)12-18-9-6-7-10-18/h1,13H,5-12H2,2-3H3,(H2,15,16,17). The molecule has 1 fully saturated rings. The number of nitrogens with one attached hydrogen (secondary N) is 2. The molecule has 4 heteroatoms. The number of nitrogens with zero attached hydrogens (tertiary/aromatic N) is 2. The van der Waals surface area contributed by atoms with Gasteiger partial charge in [0.2, 0.25) is 0 Å². The average Bonchev–Trinajstić information content (AvgIpc) is 2.85. The Morgan fingerprint density at radius 3 is 2.72 bits per heavy atom. The highest BCUT2D eigenvalue weighted by atomic mass is 15.2. The van der Waals surface area contributed by atoms with Crippen LogP contribution in [0.15, 0.2) is 4.99 Å². The molecule has 4 nitrogen and oxygen atoms in total. The maximum absolute atomic E-state index is 5.24. The molecule has 1 unspecified atom stereocenters. The van der Waals surface area contributed by atoms with Gasteiger partial charge < -0.3 is 15.5 Å². The Morgan fingerprint density at radius 1 is 1.39 bits per heavy atom. The van der Waals surface area contributed by atoms with Crippen molar-refractivity contribution in [2.45, 2.75) is 26.7 Å². The van der Waals surface area contributed by atoms with E-state index < -0.39 is 0 Å². The summed E-state index contributed by atoms with van der Waals surface area (Å²) in [6.07, 6.45) is 7.93. The molecule has 0 aromatic rings. The van der Waals surface area contributed by atoms with Gasteiger partial charge in [-0.05, 0) is 38.8 Å². The average molecular weight is 250 g/mol. The summed E-state index contributed by atoms with van der Waals surface area (Å²) in [6.45, 7) is 10.2. The molecule has 0 spiro atoms. The van der Waals surface area contributed by atoms with Crippen molar-refractivity contribution in [1.82, 2.24) is 15.5 Å². The van der Waals surface area contributed by atoms with E-state index in [2.05, 4.69) is 40.3 Å². The molecule has 0 aliphatic carbocycles. The van der Waals surface area contributed by atoms with E-state index in [4.69, 9.17) is 6.42 Å². The normalized spacial score (nSPS) is 18.4. The van der Waals surface area contributed by atoms with Crippen molar-refractivity contribution >= 4 is 5.96 Å². The van der Waals surface area contributed by atoms with Gasteiger partial charge >= 0.3 is 0 Å². The second-order valence-electron chi connectivity index (χ2n) is 4.89. The second-order valence-corrected chi connectivity index (χ2v) is 4.89. The first-order valence-corrected chi connectivity index (χ1v) is 6.94. The molecular formula is C14H26N4. The highest BCUT2D eigenvalue weighted by Gasteiger charge is 2.14. The molecule has 0 aromatic heterocycles. The second kappa shape index (κ2) is 8.82. The molecule has 1 atom stereocenters. The van der Waals surface area contributed by atoms with Crippen LogP contribution in [0.5, 0.6) is 0 Å². The minimum atomic E-state index is 0.520. The fourth-order valence-electron chi connectivity index (χ4n) is 2.19. The summed E-state index contributed by atoms with van der Waals surface area (Å²) in [6, 6.07) is 0. The molecule has 18 heavy (non-hydrogen) atoms. The third-order valence-corrected chi connectivity index (χ3v) is 3.03. The molecule has 1 rings (SSSR count). The van der Waals surface area contributed by atoms with Crippen molar-refractivity contribution in [3.05, 3.63) is 0 Å². The van der Waals surface area contributed by atoms with Crippen LogP contribution in [0, 0.1) is 18.3 Å². The molecule has 1 aliphatic rings. The Hall–Kier alpha value is -1.21. The Labute approximate surface area is 111 Å². The van der Waals surface area contributed by atoms with Crippen molar-refractivity contribution in [3.8, 4) is 12.3 Å². The van der Waals surface area contributed by atoms with E-state index in [0.29, 0.717) is 12.5 Å². The minimum Gasteiger partial charge on any atom is -0.357 e. The lowest BCUT2D eigenvalue weighted by molar-refractivity contribution is 0.291. The number of hydrogen-bond acceptors (Lipinski definition) is 2. The summed E-state index contributed by atoms with van der Waals surface area (Å²) in [5, 5.41) is 6.30. The molecule has 1 heterocycles. The molecule has 0 saturated carbocycles. The van der Waals surface area contributed by atoms with Gasteiger partial charge in [-0.2, -0.15) is 0 Å². The van der Waals surface area contributed by atoms with Crippen LogP contribution in [-0.4, -0.2) is 50.1 Å². The topological polar surface area (TPSA) is 39.7 Å². The highest BCUT2D eigenvalue weighted by Crippen LogP contribution is 2.10. The molecule has 1 aliphatic heterocycles. The lowest BCUT2D eigenvalue weighted by Crippen LogP contribution is -2.38. The van der Waals surface area contributed by atoms with E-state index in [1.165, 1.54) is 25.9 Å². The van der Waals surface area contributed by atoms with Crippen molar-refractivity contribution in [2.75, 3.05) is 39.3 Å². The van der Waals surface area contributed by atoms with Crippen molar-refractivity contribution in [3.63, 3.8) is 0 Å². The van der Waals surface area contributed by atoms with Crippen molar-refractivity contribution in [2.24, 2.45) is 10.9 Å². The smallest absolute Gasteiger partial charge is 0.192 e. The Kier molecular flexibility index (Phi) is 7.28. The minimum absolute atomic E-state index is 0.520. The van der Waals surface area contributed by atoms with Crippen LogP contribution in [-0.2, 0) is 0 Å². The first-order valence-electron chi connectivity index (χ1n) is 6.94. The van der Waals surface area contributed by atoms with Gasteiger partial charge in [0.25, 0.3) is 0 Å². The van der Waals surface area contributed by atoms with E-state index in [1.807, 2.05) is 0 Å². The first kappa shape index (κ1) is 14.8. The van der Waals surface area contributed by atoms with E-state index in [1.54, 1.807) is 0 Å². The number of terminal acetylenes is 1. The van der Waals surface area contributed by atoms with Gasteiger partial charge in [-0.15, -0.1) is 6.42 Å². The molecular weight excluding hydrogens is 224 g/mol. The Morgan fingerprint density at radius 2 is 2.11 bits per heavy atom. The van der Waals surface area contributed by atoms with Gasteiger partial charge in [-0.3, -0.25) is 4.99 Å². The molecule has 1 saturated heterocycles. The highest BCUT2D eigenvalue weighted by molar-refractivity contribution is 5.79. The maximum Gasteiger partial charge on any atom is 0.192 e. The first-order chi connectivity index (χ1) is 8.76. The molecule has 102 valence electrons. The summed E-state index contributed by atoms with van der Waals surface area (Å²) in [5.74, 6) is 3.97. The van der Waals surface area contributed by atoms with Crippen LogP contribution in [0.1, 0.15) is 26.7 Å². The van der Waals surface area contributed by atoms with Crippen LogP contribution in [0.4, 0.5) is 0 Å². The van der Waals surface area contributed by atoms with Crippen LogP contribution < -0.4 is 10.6 Å². The zero-order chi connectivity index (χ0) is 13.2. The van der Waals surface area contributed by atoms with Crippen molar-refractivity contribution in [1.29, 1.82) is 0 Å². The fourth-order valence-corrected chi connectivity index (χ4v) is 2.19. The van der Waals surface area contributed by atoms with Crippen LogP contribution in [0.25, 0.3) is 0 Å². The molecule has 2 N–H and O–H groups in total. The van der Waals surface area contributed by atoms with E-state index in [0.717, 1.165) is 25.6 Å². The zero-order valence-corrected chi connectivity index (χ0v) is 11.7. The third kappa shape index (κ3) is 5.92. The lowest BCUT2D eigenvalue weighted by atomic mass is 10.2. The largest absolute Gasteiger partial charge is 0.357 e. The molecule has 0 bridgehead atoms. The quantitative estimate of drug-likeness (QED) is 0.418. The van der Waals surface area contributed by atoms with Gasteiger partial charge in [-0.1, -0.05) is 12.8 Å².